The standard InChI is InChI=1S/C19H14FN3O3/c1-11-21-16-5-3-2-4-14(16)19(25)23(11)10-13-9-18(26-22-13)12-6-7-15(20)17(24)8-12/h2-9,24H,10H2,1H3. The third-order valence-corrected chi connectivity index (χ3v) is 4.16. The number of halogens is 1. The molecule has 0 saturated heterocycles. The van der Waals surface area contributed by atoms with Crippen molar-refractivity contribution in [3.05, 3.63) is 76.2 Å². The summed E-state index contributed by atoms with van der Waals surface area (Å²) >= 11 is 0. The molecule has 0 bridgehead atoms. The predicted octanol–water partition coefficient (Wildman–Crippen LogP) is 3.25. The molecule has 0 saturated carbocycles. The Bertz CT molecular complexity index is 1180. The smallest absolute Gasteiger partial charge is 0.261 e. The molecule has 0 radical (unpaired) electrons. The molecule has 0 spiro atoms. The zero-order valence-electron chi connectivity index (χ0n) is 13.8. The topological polar surface area (TPSA) is 81.2 Å². The zero-order valence-corrected chi connectivity index (χ0v) is 13.8. The first-order valence-electron chi connectivity index (χ1n) is 7.93. The van der Waals surface area contributed by atoms with E-state index in [0.717, 1.165) is 6.07 Å². The van der Waals surface area contributed by atoms with E-state index in [1.807, 2.05) is 6.07 Å². The van der Waals surface area contributed by atoms with Crippen LogP contribution in [-0.4, -0.2) is 19.8 Å². The maximum Gasteiger partial charge on any atom is 0.261 e. The molecule has 1 N–H and O–H groups in total. The average Bonchev–Trinajstić information content (AvgIpc) is 3.10. The number of rotatable bonds is 3. The fourth-order valence-corrected chi connectivity index (χ4v) is 2.82. The van der Waals surface area contributed by atoms with Gasteiger partial charge in [0.25, 0.3) is 5.56 Å². The van der Waals surface area contributed by atoms with Gasteiger partial charge in [0.05, 0.1) is 17.4 Å². The lowest BCUT2D eigenvalue weighted by atomic mass is 10.1. The first-order chi connectivity index (χ1) is 12.5. The Kier molecular flexibility index (Phi) is 3.76. The minimum Gasteiger partial charge on any atom is -0.505 e. The summed E-state index contributed by atoms with van der Waals surface area (Å²) in [6, 6.07) is 12.7. The molecule has 0 amide bonds. The normalized spacial score (nSPS) is 11.2. The number of para-hydroxylation sites is 1. The fourth-order valence-electron chi connectivity index (χ4n) is 2.82. The number of aryl methyl sites for hydroxylation is 1. The lowest BCUT2D eigenvalue weighted by Gasteiger charge is -2.08. The summed E-state index contributed by atoms with van der Waals surface area (Å²) in [5.41, 5.74) is 1.50. The largest absolute Gasteiger partial charge is 0.505 e. The van der Waals surface area contributed by atoms with E-state index in [4.69, 9.17) is 4.52 Å². The van der Waals surface area contributed by atoms with E-state index in [9.17, 15) is 14.3 Å². The number of benzene rings is 2. The summed E-state index contributed by atoms with van der Waals surface area (Å²) in [4.78, 5) is 17.2. The second kappa shape index (κ2) is 6.11. The number of aromatic nitrogens is 3. The number of nitrogens with zero attached hydrogens (tertiary/aromatic N) is 3. The quantitative estimate of drug-likeness (QED) is 0.613. The lowest BCUT2D eigenvalue weighted by molar-refractivity contribution is 0.417. The summed E-state index contributed by atoms with van der Waals surface area (Å²) < 4.78 is 20.0. The molecule has 7 heteroatoms. The summed E-state index contributed by atoms with van der Waals surface area (Å²) in [6.45, 7) is 1.95. The van der Waals surface area contributed by atoms with Gasteiger partial charge in [0.2, 0.25) is 0 Å². The van der Waals surface area contributed by atoms with Gasteiger partial charge < -0.3 is 9.63 Å². The van der Waals surface area contributed by atoms with Gasteiger partial charge in [-0.3, -0.25) is 9.36 Å². The monoisotopic (exact) mass is 351 g/mol. The molecule has 0 aliphatic heterocycles. The van der Waals surface area contributed by atoms with Crippen molar-refractivity contribution in [3.8, 4) is 17.1 Å². The Labute approximate surface area is 147 Å². The maximum absolute atomic E-state index is 13.2. The molecule has 2 aromatic heterocycles. The summed E-state index contributed by atoms with van der Waals surface area (Å²) in [7, 11) is 0. The van der Waals surface area contributed by atoms with Crippen LogP contribution in [0.1, 0.15) is 11.5 Å². The van der Waals surface area contributed by atoms with Crippen LogP contribution in [0.3, 0.4) is 0 Å². The SMILES string of the molecule is Cc1nc2ccccc2c(=O)n1Cc1cc(-c2ccc(F)c(O)c2)on1. The van der Waals surface area contributed by atoms with Gasteiger partial charge in [0.1, 0.15) is 11.5 Å². The van der Waals surface area contributed by atoms with Gasteiger partial charge in [0, 0.05) is 11.6 Å². The van der Waals surface area contributed by atoms with Crippen LogP contribution < -0.4 is 5.56 Å². The second-order valence-electron chi connectivity index (χ2n) is 5.92. The number of fused-ring (bicyclic) bond motifs is 1. The summed E-state index contributed by atoms with van der Waals surface area (Å²) in [5.74, 6) is -0.239. The van der Waals surface area contributed by atoms with E-state index < -0.39 is 11.6 Å². The Morgan fingerprint density at radius 1 is 1.19 bits per heavy atom. The molecular weight excluding hydrogens is 337 g/mol. The molecule has 130 valence electrons. The molecule has 4 aromatic rings. The molecule has 26 heavy (non-hydrogen) atoms. The molecule has 6 nitrogen and oxygen atoms in total. The predicted molar refractivity (Wildman–Crippen MR) is 93.4 cm³/mol. The van der Waals surface area contributed by atoms with Gasteiger partial charge in [0.15, 0.2) is 17.3 Å². The summed E-state index contributed by atoms with van der Waals surface area (Å²) in [5, 5.41) is 14.0. The number of aromatic hydroxyl groups is 1. The van der Waals surface area contributed by atoms with Gasteiger partial charge in [-0.05, 0) is 37.3 Å². The van der Waals surface area contributed by atoms with Gasteiger partial charge in [-0.2, -0.15) is 0 Å². The fraction of sp³-hybridized carbons (Fsp3) is 0.105. The van der Waals surface area contributed by atoms with Crippen molar-refractivity contribution in [2.24, 2.45) is 0 Å². The van der Waals surface area contributed by atoms with Crippen LogP contribution in [0.15, 0.2) is 57.8 Å². The Morgan fingerprint density at radius 3 is 2.81 bits per heavy atom. The van der Waals surface area contributed by atoms with Crippen LogP contribution in [0.5, 0.6) is 5.75 Å². The first-order valence-corrected chi connectivity index (χ1v) is 7.93. The highest BCUT2D eigenvalue weighted by molar-refractivity contribution is 5.77. The van der Waals surface area contributed by atoms with Crippen LogP contribution >= 0.6 is 0 Å². The van der Waals surface area contributed by atoms with E-state index in [0.29, 0.717) is 33.7 Å². The van der Waals surface area contributed by atoms with Crippen molar-refractivity contribution in [2.45, 2.75) is 13.5 Å². The maximum atomic E-state index is 13.2. The molecule has 0 unspecified atom stereocenters. The third-order valence-electron chi connectivity index (χ3n) is 4.16. The van der Waals surface area contributed by atoms with Crippen molar-refractivity contribution >= 4 is 10.9 Å². The number of phenolic OH excluding ortho intramolecular Hbond substituents is 1. The van der Waals surface area contributed by atoms with Crippen LogP contribution in [0, 0.1) is 12.7 Å². The molecule has 4 rings (SSSR count). The van der Waals surface area contributed by atoms with Crippen LogP contribution in [0.2, 0.25) is 0 Å². The zero-order chi connectivity index (χ0) is 18.3. The molecule has 0 fully saturated rings. The van der Waals surface area contributed by atoms with E-state index in [2.05, 4.69) is 10.1 Å². The Morgan fingerprint density at radius 2 is 2.00 bits per heavy atom. The molecule has 0 aliphatic carbocycles. The average molecular weight is 351 g/mol. The van der Waals surface area contributed by atoms with Crippen molar-refractivity contribution in [1.82, 2.24) is 14.7 Å². The van der Waals surface area contributed by atoms with Crippen molar-refractivity contribution in [2.75, 3.05) is 0 Å². The van der Waals surface area contributed by atoms with E-state index in [1.165, 1.54) is 16.7 Å². The second-order valence-corrected chi connectivity index (χ2v) is 5.92. The molecule has 2 heterocycles. The molecular formula is C19H14FN3O3. The molecule has 2 aromatic carbocycles. The van der Waals surface area contributed by atoms with Crippen molar-refractivity contribution in [3.63, 3.8) is 0 Å². The highest BCUT2D eigenvalue weighted by Crippen LogP contribution is 2.26. The minimum absolute atomic E-state index is 0.155. The van der Waals surface area contributed by atoms with E-state index >= 15 is 0 Å². The highest BCUT2D eigenvalue weighted by Gasteiger charge is 2.13. The number of phenols is 1. The molecule has 0 aliphatic rings. The highest BCUT2D eigenvalue weighted by atomic mass is 19.1. The van der Waals surface area contributed by atoms with Crippen LogP contribution in [0.4, 0.5) is 4.39 Å². The van der Waals surface area contributed by atoms with Gasteiger partial charge >= 0.3 is 0 Å². The summed E-state index contributed by atoms with van der Waals surface area (Å²) in [6.07, 6.45) is 0. The number of hydrogen-bond donors (Lipinski definition) is 1. The third kappa shape index (κ3) is 2.73. The van der Waals surface area contributed by atoms with Crippen molar-refractivity contribution in [1.29, 1.82) is 0 Å². The Hall–Kier alpha value is -3.48. The van der Waals surface area contributed by atoms with Crippen molar-refractivity contribution < 1.29 is 14.0 Å². The van der Waals surface area contributed by atoms with Gasteiger partial charge in [-0.15, -0.1) is 0 Å². The first kappa shape index (κ1) is 16.0. The Balaban J connectivity index is 1.71. The number of hydrogen-bond acceptors (Lipinski definition) is 5. The van der Waals surface area contributed by atoms with Crippen LogP contribution in [-0.2, 0) is 6.54 Å². The molecule has 0 atom stereocenters. The van der Waals surface area contributed by atoms with E-state index in [-0.39, 0.29) is 12.1 Å². The van der Waals surface area contributed by atoms with Gasteiger partial charge in [-0.25, -0.2) is 9.37 Å². The van der Waals surface area contributed by atoms with E-state index in [1.54, 1.807) is 31.2 Å². The minimum atomic E-state index is -0.710. The van der Waals surface area contributed by atoms with Crippen LogP contribution in [0.25, 0.3) is 22.2 Å². The van der Waals surface area contributed by atoms with Gasteiger partial charge in [-0.1, -0.05) is 17.3 Å². The lowest BCUT2D eigenvalue weighted by Crippen LogP contribution is -2.24.